The molecule has 4 rings (SSSR count). The lowest BCUT2D eigenvalue weighted by Gasteiger charge is -2.21. The van der Waals surface area contributed by atoms with Crippen LogP contribution in [0.3, 0.4) is 0 Å². The predicted molar refractivity (Wildman–Crippen MR) is 98.3 cm³/mol. The van der Waals surface area contributed by atoms with E-state index in [4.69, 9.17) is 11.6 Å². The number of anilines is 1. The number of fused-ring (bicyclic) bond motifs is 1. The number of rotatable bonds is 3. The normalized spacial score (nSPS) is 16.9. The molecule has 2 aliphatic rings. The van der Waals surface area contributed by atoms with Crippen LogP contribution in [0.1, 0.15) is 18.1 Å². The molecule has 2 aromatic carbocycles. The van der Waals surface area contributed by atoms with Gasteiger partial charge in [0, 0.05) is 23.8 Å². The van der Waals surface area contributed by atoms with E-state index in [1.54, 1.807) is 24.3 Å². The summed E-state index contributed by atoms with van der Waals surface area (Å²) in [6.45, 7) is 2.87. The average molecular weight is 353 g/mol. The highest BCUT2D eigenvalue weighted by Gasteiger charge is 2.42. The molecule has 0 atom stereocenters. The van der Waals surface area contributed by atoms with Gasteiger partial charge in [0.1, 0.15) is 5.70 Å². The molecule has 2 aliphatic heterocycles. The van der Waals surface area contributed by atoms with E-state index in [0.29, 0.717) is 29.4 Å². The van der Waals surface area contributed by atoms with Crippen LogP contribution in [0, 0.1) is 0 Å². The van der Waals surface area contributed by atoms with Crippen molar-refractivity contribution in [3.8, 4) is 0 Å². The third-order valence-electron chi connectivity index (χ3n) is 4.75. The van der Waals surface area contributed by atoms with Gasteiger partial charge < -0.3 is 4.90 Å². The Hall–Kier alpha value is -2.59. The Labute approximate surface area is 151 Å². The van der Waals surface area contributed by atoms with Crippen molar-refractivity contribution in [2.24, 2.45) is 0 Å². The van der Waals surface area contributed by atoms with Gasteiger partial charge in [-0.15, -0.1) is 0 Å². The van der Waals surface area contributed by atoms with Crippen molar-refractivity contribution in [2.45, 2.75) is 13.3 Å². The first-order valence-electron chi connectivity index (χ1n) is 8.33. The fraction of sp³-hybridized carbons (Fsp3) is 0.200. The number of amides is 2. The van der Waals surface area contributed by atoms with Crippen LogP contribution in [-0.2, 0) is 16.0 Å². The van der Waals surface area contributed by atoms with Gasteiger partial charge >= 0.3 is 0 Å². The summed E-state index contributed by atoms with van der Waals surface area (Å²) in [5.41, 5.74) is 3.85. The molecule has 0 spiro atoms. The summed E-state index contributed by atoms with van der Waals surface area (Å²) in [5.74, 6) is -0.469. The Bertz CT molecular complexity index is 902. The largest absolute Gasteiger partial charge is 0.336 e. The first kappa shape index (κ1) is 15.9. The first-order valence-corrected chi connectivity index (χ1v) is 8.71. The summed E-state index contributed by atoms with van der Waals surface area (Å²) in [5, 5.41) is 0.599. The number of halogens is 1. The Morgan fingerprint density at radius 2 is 1.72 bits per heavy atom. The van der Waals surface area contributed by atoms with Gasteiger partial charge in [0.25, 0.3) is 11.8 Å². The number of carbonyl (C=O) groups excluding carboxylic acids is 2. The molecular formula is C20H17ClN2O2. The molecule has 2 amide bonds. The standard InChI is InChI=1S/C20H17ClN2O2/c1-2-22-19(24)17(14-7-9-15(21)10-8-14)18(20(22)25)23-12-11-13-5-3-4-6-16(13)23/h3-10H,2,11-12H2,1H3. The van der Waals surface area contributed by atoms with E-state index in [1.807, 2.05) is 30.0 Å². The van der Waals surface area contributed by atoms with E-state index in [-0.39, 0.29) is 11.8 Å². The van der Waals surface area contributed by atoms with Gasteiger partial charge in [0.15, 0.2) is 0 Å². The molecule has 0 fully saturated rings. The fourth-order valence-electron chi connectivity index (χ4n) is 3.55. The maximum atomic E-state index is 13.0. The van der Waals surface area contributed by atoms with Crippen molar-refractivity contribution in [3.63, 3.8) is 0 Å². The van der Waals surface area contributed by atoms with E-state index in [0.717, 1.165) is 17.7 Å². The molecule has 0 saturated heterocycles. The number of nitrogens with zero attached hydrogens (tertiary/aromatic N) is 2. The lowest BCUT2D eigenvalue weighted by atomic mass is 10.0. The van der Waals surface area contributed by atoms with Crippen molar-refractivity contribution in [3.05, 3.63) is 70.4 Å². The minimum absolute atomic E-state index is 0.228. The fourth-order valence-corrected chi connectivity index (χ4v) is 3.67. The highest BCUT2D eigenvalue weighted by molar-refractivity contribution is 6.37. The average Bonchev–Trinajstić information content (AvgIpc) is 3.14. The molecule has 5 heteroatoms. The zero-order valence-electron chi connectivity index (χ0n) is 13.8. The molecule has 0 unspecified atom stereocenters. The van der Waals surface area contributed by atoms with Crippen LogP contribution >= 0.6 is 11.6 Å². The summed E-state index contributed by atoms with van der Waals surface area (Å²) < 4.78 is 0. The second kappa shape index (κ2) is 6.05. The molecule has 2 heterocycles. The summed E-state index contributed by atoms with van der Waals surface area (Å²) in [4.78, 5) is 29.2. The summed E-state index contributed by atoms with van der Waals surface area (Å²) >= 11 is 5.98. The molecule has 0 radical (unpaired) electrons. The molecule has 2 aromatic rings. The van der Waals surface area contributed by atoms with Crippen LogP contribution in [0.25, 0.3) is 5.57 Å². The maximum absolute atomic E-state index is 13.0. The SMILES string of the molecule is CCN1C(=O)C(c2ccc(Cl)cc2)=C(N2CCc3ccccc32)C1=O. The number of carbonyl (C=O) groups is 2. The van der Waals surface area contributed by atoms with Gasteiger partial charge in [-0.05, 0) is 42.7 Å². The number of imide groups is 1. The van der Waals surface area contributed by atoms with Gasteiger partial charge in [0.05, 0.1) is 5.57 Å². The van der Waals surface area contributed by atoms with Gasteiger partial charge in [0.2, 0.25) is 0 Å². The second-order valence-electron chi connectivity index (χ2n) is 6.12. The number of para-hydroxylation sites is 1. The third-order valence-corrected chi connectivity index (χ3v) is 5.00. The second-order valence-corrected chi connectivity index (χ2v) is 6.55. The minimum atomic E-state index is -0.241. The maximum Gasteiger partial charge on any atom is 0.278 e. The molecule has 0 N–H and O–H groups in total. The smallest absolute Gasteiger partial charge is 0.278 e. The Kier molecular flexibility index (Phi) is 3.85. The van der Waals surface area contributed by atoms with E-state index >= 15 is 0 Å². The molecule has 0 aromatic heterocycles. The van der Waals surface area contributed by atoms with Crippen LogP contribution in [0.5, 0.6) is 0 Å². The van der Waals surface area contributed by atoms with Crippen molar-refractivity contribution in [1.82, 2.24) is 4.90 Å². The van der Waals surface area contributed by atoms with Crippen molar-refractivity contribution in [1.29, 1.82) is 0 Å². The summed E-state index contributed by atoms with van der Waals surface area (Å²) in [7, 11) is 0. The molecule has 25 heavy (non-hydrogen) atoms. The Morgan fingerprint density at radius 1 is 1.00 bits per heavy atom. The van der Waals surface area contributed by atoms with Crippen LogP contribution in [0.4, 0.5) is 5.69 Å². The lowest BCUT2D eigenvalue weighted by molar-refractivity contribution is -0.136. The molecule has 126 valence electrons. The van der Waals surface area contributed by atoms with E-state index in [1.165, 1.54) is 10.5 Å². The zero-order chi connectivity index (χ0) is 17.6. The van der Waals surface area contributed by atoms with Crippen LogP contribution in [0.2, 0.25) is 5.02 Å². The van der Waals surface area contributed by atoms with Gasteiger partial charge in [-0.25, -0.2) is 0 Å². The highest BCUT2D eigenvalue weighted by atomic mass is 35.5. The molecular weight excluding hydrogens is 336 g/mol. The van der Waals surface area contributed by atoms with E-state index in [2.05, 4.69) is 6.07 Å². The monoisotopic (exact) mass is 352 g/mol. The number of hydrogen-bond acceptors (Lipinski definition) is 3. The molecule has 4 nitrogen and oxygen atoms in total. The number of benzene rings is 2. The zero-order valence-corrected chi connectivity index (χ0v) is 14.6. The van der Waals surface area contributed by atoms with Crippen molar-refractivity contribution >= 4 is 34.7 Å². The van der Waals surface area contributed by atoms with Crippen LogP contribution in [0.15, 0.2) is 54.2 Å². The number of hydrogen-bond donors (Lipinski definition) is 0. The topological polar surface area (TPSA) is 40.6 Å². The van der Waals surface area contributed by atoms with Crippen LogP contribution in [-0.4, -0.2) is 29.8 Å². The van der Waals surface area contributed by atoms with Gasteiger partial charge in [-0.2, -0.15) is 0 Å². The Balaban J connectivity index is 1.90. The lowest BCUT2D eigenvalue weighted by Crippen LogP contribution is -2.34. The van der Waals surface area contributed by atoms with E-state index < -0.39 is 0 Å². The van der Waals surface area contributed by atoms with Crippen LogP contribution < -0.4 is 4.90 Å². The van der Waals surface area contributed by atoms with Crippen molar-refractivity contribution in [2.75, 3.05) is 18.0 Å². The van der Waals surface area contributed by atoms with E-state index in [9.17, 15) is 9.59 Å². The van der Waals surface area contributed by atoms with Crippen molar-refractivity contribution < 1.29 is 9.59 Å². The van der Waals surface area contributed by atoms with Gasteiger partial charge in [-0.3, -0.25) is 14.5 Å². The summed E-state index contributed by atoms with van der Waals surface area (Å²) in [6.07, 6.45) is 0.862. The van der Waals surface area contributed by atoms with Gasteiger partial charge in [-0.1, -0.05) is 41.9 Å². The first-order chi connectivity index (χ1) is 12.1. The minimum Gasteiger partial charge on any atom is -0.336 e. The quantitative estimate of drug-likeness (QED) is 0.794. The third kappa shape index (κ3) is 2.45. The molecule has 0 bridgehead atoms. The molecule has 0 aliphatic carbocycles. The Morgan fingerprint density at radius 3 is 2.44 bits per heavy atom. The highest BCUT2D eigenvalue weighted by Crippen LogP contribution is 2.38. The predicted octanol–water partition coefficient (Wildman–Crippen LogP) is 3.50. The molecule has 0 saturated carbocycles. The summed E-state index contributed by atoms with van der Waals surface area (Å²) in [6, 6.07) is 15.1. The number of likely N-dealkylation sites (N-methyl/N-ethyl adjacent to an activating group) is 1.